The molecule has 27 heavy (non-hydrogen) atoms. The van der Waals surface area contributed by atoms with Gasteiger partial charge in [0.1, 0.15) is 0 Å². The van der Waals surface area contributed by atoms with Crippen molar-refractivity contribution in [3.63, 3.8) is 0 Å². The number of para-hydroxylation sites is 1. The molecule has 0 aliphatic carbocycles. The Bertz CT molecular complexity index is 955. The molecule has 2 aromatic carbocycles. The predicted molar refractivity (Wildman–Crippen MR) is 114 cm³/mol. The highest BCUT2D eigenvalue weighted by atomic mass is 32.2. The molecule has 0 fully saturated rings. The molecule has 3 rings (SSSR count). The first kappa shape index (κ1) is 19.4. The molecule has 0 spiro atoms. The summed E-state index contributed by atoms with van der Waals surface area (Å²) in [6.07, 6.45) is 0. The van der Waals surface area contributed by atoms with E-state index in [1.54, 1.807) is 0 Å². The third-order valence-electron chi connectivity index (χ3n) is 4.21. The van der Waals surface area contributed by atoms with Gasteiger partial charge in [-0.15, -0.1) is 10.2 Å². The van der Waals surface area contributed by atoms with Crippen LogP contribution in [-0.4, -0.2) is 21.4 Å². The van der Waals surface area contributed by atoms with Crippen LogP contribution in [-0.2, 0) is 4.79 Å². The lowest BCUT2D eigenvalue weighted by Gasteiger charge is -2.11. The van der Waals surface area contributed by atoms with E-state index >= 15 is 0 Å². The zero-order valence-corrected chi connectivity index (χ0v) is 17.4. The van der Waals surface area contributed by atoms with Gasteiger partial charge in [0, 0.05) is 11.4 Å². The predicted octanol–water partition coefficient (Wildman–Crippen LogP) is 5.33. The minimum Gasteiger partial charge on any atom is -0.330 e. The normalized spacial score (nSPS) is 11.9. The Morgan fingerprint density at radius 3 is 2.56 bits per heavy atom. The molecule has 1 aromatic heterocycles. The van der Waals surface area contributed by atoms with Gasteiger partial charge in [-0.05, 0) is 62.6 Å². The van der Waals surface area contributed by atoms with Gasteiger partial charge < -0.3 is 10.6 Å². The first-order chi connectivity index (χ1) is 12.9. The Kier molecular flexibility index (Phi) is 6.13. The van der Waals surface area contributed by atoms with Crippen LogP contribution in [0.3, 0.4) is 0 Å². The molecule has 0 saturated heterocycles. The van der Waals surface area contributed by atoms with E-state index in [1.165, 1.54) is 34.2 Å². The second kappa shape index (κ2) is 8.54. The van der Waals surface area contributed by atoms with E-state index in [2.05, 4.69) is 46.8 Å². The van der Waals surface area contributed by atoms with Crippen LogP contribution in [0.15, 0.2) is 46.8 Å². The van der Waals surface area contributed by atoms with E-state index in [1.807, 2.05) is 44.2 Å². The second-order valence-corrected chi connectivity index (χ2v) is 8.93. The van der Waals surface area contributed by atoms with Gasteiger partial charge in [0.15, 0.2) is 4.34 Å². The quantitative estimate of drug-likeness (QED) is 0.550. The molecule has 3 aromatic rings. The molecule has 1 atom stereocenters. The Morgan fingerprint density at radius 2 is 1.81 bits per heavy atom. The number of nitrogens with zero attached hydrogens (tertiary/aromatic N) is 2. The van der Waals surface area contributed by atoms with Crippen LogP contribution >= 0.6 is 23.1 Å². The molecule has 1 heterocycles. The second-order valence-electron chi connectivity index (χ2n) is 6.36. The zero-order valence-electron chi connectivity index (χ0n) is 15.7. The van der Waals surface area contributed by atoms with Crippen molar-refractivity contribution in [3.05, 3.63) is 59.2 Å². The number of carbonyl (C=O) groups is 1. The molecule has 0 saturated carbocycles. The molecule has 0 unspecified atom stereocenters. The lowest BCUT2D eigenvalue weighted by Crippen LogP contribution is -2.22. The molecule has 7 heteroatoms. The van der Waals surface area contributed by atoms with Crippen molar-refractivity contribution in [2.75, 3.05) is 10.6 Å². The van der Waals surface area contributed by atoms with Crippen molar-refractivity contribution >= 4 is 45.5 Å². The number of hydrogen-bond acceptors (Lipinski definition) is 6. The Balaban J connectivity index is 1.60. The van der Waals surface area contributed by atoms with Crippen molar-refractivity contribution in [2.45, 2.75) is 37.3 Å². The number of rotatable bonds is 6. The highest BCUT2D eigenvalue weighted by Crippen LogP contribution is 2.31. The SMILES string of the molecule is Cc1ccc(Nc2nnc(S[C@H](C)C(=O)Nc3ccccc3C)s2)cc1C. The largest absolute Gasteiger partial charge is 0.330 e. The van der Waals surface area contributed by atoms with Crippen molar-refractivity contribution in [1.29, 1.82) is 0 Å². The van der Waals surface area contributed by atoms with Gasteiger partial charge in [-0.3, -0.25) is 4.79 Å². The minimum atomic E-state index is -0.271. The molecule has 0 radical (unpaired) electrons. The number of hydrogen-bond donors (Lipinski definition) is 2. The lowest BCUT2D eigenvalue weighted by atomic mass is 10.1. The van der Waals surface area contributed by atoms with Crippen molar-refractivity contribution < 1.29 is 4.79 Å². The molecule has 2 N–H and O–H groups in total. The fraction of sp³-hybridized carbons (Fsp3) is 0.250. The molecular weight excluding hydrogens is 376 g/mol. The summed E-state index contributed by atoms with van der Waals surface area (Å²) in [6.45, 7) is 8.01. The monoisotopic (exact) mass is 398 g/mol. The standard InChI is InChI=1S/C20H22N4OS2/c1-12-9-10-16(11-14(12)3)21-19-23-24-20(27-19)26-15(4)18(25)22-17-8-6-5-7-13(17)2/h5-11,15H,1-4H3,(H,21,23)(H,22,25)/t15-/m1/s1. The maximum Gasteiger partial charge on any atom is 0.237 e. The summed E-state index contributed by atoms with van der Waals surface area (Å²) in [5, 5.41) is 15.1. The smallest absolute Gasteiger partial charge is 0.237 e. The summed E-state index contributed by atoms with van der Waals surface area (Å²) in [4.78, 5) is 12.4. The topological polar surface area (TPSA) is 66.9 Å². The Morgan fingerprint density at radius 1 is 1.04 bits per heavy atom. The minimum absolute atomic E-state index is 0.0480. The Hall–Kier alpha value is -2.38. The van der Waals surface area contributed by atoms with Crippen LogP contribution in [0.4, 0.5) is 16.5 Å². The van der Waals surface area contributed by atoms with Crippen LogP contribution in [0.5, 0.6) is 0 Å². The van der Waals surface area contributed by atoms with Crippen molar-refractivity contribution in [1.82, 2.24) is 10.2 Å². The number of benzene rings is 2. The van der Waals surface area contributed by atoms with Gasteiger partial charge in [0.2, 0.25) is 11.0 Å². The third-order valence-corrected chi connectivity index (χ3v) is 6.24. The number of amides is 1. The number of carbonyl (C=O) groups excluding carboxylic acids is 1. The van der Waals surface area contributed by atoms with E-state index in [9.17, 15) is 4.79 Å². The van der Waals surface area contributed by atoms with Gasteiger partial charge >= 0.3 is 0 Å². The van der Waals surface area contributed by atoms with Gasteiger partial charge in [0.05, 0.1) is 5.25 Å². The fourth-order valence-corrected chi connectivity index (χ4v) is 4.32. The highest BCUT2D eigenvalue weighted by molar-refractivity contribution is 8.02. The van der Waals surface area contributed by atoms with Crippen molar-refractivity contribution in [3.8, 4) is 0 Å². The van der Waals surface area contributed by atoms with E-state index in [0.717, 1.165) is 21.3 Å². The van der Waals surface area contributed by atoms with Gasteiger partial charge in [0.25, 0.3) is 0 Å². The summed E-state index contributed by atoms with van der Waals surface area (Å²) in [5.41, 5.74) is 5.34. The van der Waals surface area contributed by atoms with E-state index in [4.69, 9.17) is 0 Å². The molecule has 5 nitrogen and oxygen atoms in total. The van der Waals surface area contributed by atoms with Crippen LogP contribution in [0.1, 0.15) is 23.6 Å². The average molecular weight is 399 g/mol. The van der Waals surface area contributed by atoms with E-state index in [0.29, 0.717) is 5.13 Å². The van der Waals surface area contributed by atoms with Crippen molar-refractivity contribution in [2.24, 2.45) is 0 Å². The summed E-state index contributed by atoms with van der Waals surface area (Å²) < 4.78 is 0.758. The third kappa shape index (κ3) is 5.08. The molecule has 0 aliphatic rings. The molecule has 0 bridgehead atoms. The van der Waals surface area contributed by atoms with Gasteiger partial charge in [-0.2, -0.15) is 0 Å². The number of aromatic nitrogens is 2. The van der Waals surface area contributed by atoms with E-state index < -0.39 is 0 Å². The summed E-state index contributed by atoms with van der Waals surface area (Å²) >= 11 is 2.85. The summed E-state index contributed by atoms with van der Waals surface area (Å²) in [5.74, 6) is -0.0480. The maximum absolute atomic E-state index is 12.4. The van der Waals surface area contributed by atoms with E-state index in [-0.39, 0.29) is 11.2 Å². The number of nitrogens with one attached hydrogen (secondary N) is 2. The highest BCUT2D eigenvalue weighted by Gasteiger charge is 2.18. The Labute approximate surface area is 167 Å². The summed E-state index contributed by atoms with van der Waals surface area (Å²) in [7, 11) is 0. The molecular formula is C20H22N4OS2. The van der Waals surface area contributed by atoms with Crippen LogP contribution in [0.2, 0.25) is 0 Å². The lowest BCUT2D eigenvalue weighted by molar-refractivity contribution is -0.115. The van der Waals surface area contributed by atoms with Crippen LogP contribution in [0.25, 0.3) is 0 Å². The van der Waals surface area contributed by atoms with Crippen LogP contribution < -0.4 is 10.6 Å². The first-order valence-corrected chi connectivity index (χ1v) is 10.3. The first-order valence-electron chi connectivity index (χ1n) is 8.63. The number of aryl methyl sites for hydroxylation is 3. The summed E-state index contributed by atoms with van der Waals surface area (Å²) in [6, 6.07) is 13.9. The molecule has 0 aliphatic heterocycles. The average Bonchev–Trinajstić information content (AvgIpc) is 3.07. The van der Waals surface area contributed by atoms with Gasteiger partial charge in [-0.1, -0.05) is 47.4 Å². The van der Waals surface area contributed by atoms with Crippen LogP contribution in [0, 0.1) is 20.8 Å². The zero-order chi connectivity index (χ0) is 19.4. The maximum atomic E-state index is 12.4. The number of anilines is 3. The van der Waals surface area contributed by atoms with Gasteiger partial charge in [-0.25, -0.2) is 0 Å². The fourth-order valence-electron chi connectivity index (χ4n) is 2.40. The molecule has 1 amide bonds. The molecule has 140 valence electrons. The number of thioether (sulfide) groups is 1.